The molecule has 20 heteroatoms. The second-order valence-electron chi connectivity index (χ2n) is 16.5. The Hall–Kier alpha value is -4.72. The number of hydrogen-bond donors (Lipinski definition) is 5. The number of nitrogens with two attached hydrogens (primary N) is 2. The average molecular weight is 871 g/mol. The first-order chi connectivity index (χ1) is 27.5. The lowest BCUT2D eigenvalue weighted by Crippen LogP contribution is -2.41. The van der Waals surface area contributed by atoms with Gasteiger partial charge in [-0.25, -0.2) is 23.4 Å². The molecule has 0 aromatic heterocycles. The molecule has 2 amide bonds. The van der Waals surface area contributed by atoms with E-state index in [1.807, 2.05) is 23.7 Å². The molecule has 1 heterocycles. The zero-order valence-corrected chi connectivity index (χ0v) is 34.7. The maximum atomic E-state index is 15.3. The predicted molar refractivity (Wildman–Crippen MR) is 216 cm³/mol. The molecular formula is C40H47BF8N6O4S. The van der Waals surface area contributed by atoms with Gasteiger partial charge in [0.25, 0.3) is 0 Å². The Morgan fingerprint density at radius 2 is 1.63 bits per heavy atom. The summed E-state index contributed by atoms with van der Waals surface area (Å²) in [7, 11) is 6.12. The van der Waals surface area contributed by atoms with E-state index in [0.717, 1.165) is 18.2 Å². The molecule has 326 valence electrons. The summed E-state index contributed by atoms with van der Waals surface area (Å²) in [6, 6.07) is 4.29. The Morgan fingerprint density at radius 3 is 2.18 bits per heavy atom. The third-order valence-electron chi connectivity index (χ3n) is 9.49. The van der Waals surface area contributed by atoms with Gasteiger partial charge in [-0.1, -0.05) is 30.1 Å². The Kier molecular flexibility index (Phi) is 14.5. The predicted octanol–water partition coefficient (Wildman–Crippen LogP) is 8.54. The Balaban J connectivity index is 1.45. The Morgan fingerprint density at radius 1 is 0.983 bits per heavy atom. The second-order valence-corrected chi connectivity index (χ2v) is 17.4. The second kappa shape index (κ2) is 18.1. The van der Waals surface area contributed by atoms with Crippen LogP contribution in [0.1, 0.15) is 72.4 Å². The van der Waals surface area contributed by atoms with Crippen molar-refractivity contribution >= 4 is 54.3 Å². The van der Waals surface area contributed by atoms with E-state index in [9.17, 15) is 40.3 Å². The number of rotatable bonds is 13. The van der Waals surface area contributed by atoms with Gasteiger partial charge in [-0.2, -0.15) is 26.3 Å². The summed E-state index contributed by atoms with van der Waals surface area (Å²) in [5, 5.41) is 7.96. The normalized spacial score (nSPS) is 20.9. The van der Waals surface area contributed by atoms with Crippen molar-refractivity contribution < 1.29 is 54.2 Å². The van der Waals surface area contributed by atoms with E-state index in [0.29, 0.717) is 23.9 Å². The van der Waals surface area contributed by atoms with Crippen molar-refractivity contribution in [2.45, 2.75) is 103 Å². The molecule has 1 saturated carbocycles. The molecule has 2 aromatic carbocycles. The number of amides is 2. The fourth-order valence-corrected chi connectivity index (χ4v) is 7.58. The molecule has 2 aliphatic rings. The third-order valence-corrected chi connectivity index (χ3v) is 10.6. The molecule has 1 aliphatic heterocycles. The summed E-state index contributed by atoms with van der Waals surface area (Å²) in [5.41, 5.74) is 2.96. The summed E-state index contributed by atoms with van der Waals surface area (Å²) in [6.07, 6.45) is -9.54. The zero-order valence-electron chi connectivity index (χ0n) is 33.9. The van der Waals surface area contributed by atoms with Crippen molar-refractivity contribution in [2.75, 3.05) is 11.1 Å². The molecular weight excluding hydrogens is 823 g/mol. The van der Waals surface area contributed by atoms with Gasteiger partial charge in [0.05, 0.1) is 22.8 Å². The van der Waals surface area contributed by atoms with Crippen LogP contribution < -0.4 is 32.9 Å². The molecule has 4 unspecified atom stereocenters. The number of halogens is 8. The maximum absolute atomic E-state index is 15.3. The smallest absolute Gasteiger partial charge is 0.435 e. The number of carbonyl (C=O) groups is 2. The fourth-order valence-electron chi connectivity index (χ4n) is 6.48. The number of benzene rings is 2. The molecule has 10 nitrogen and oxygen atoms in total. The van der Waals surface area contributed by atoms with E-state index in [1.165, 1.54) is 65.4 Å². The van der Waals surface area contributed by atoms with Gasteiger partial charge >= 0.3 is 24.5 Å². The highest BCUT2D eigenvalue weighted by atomic mass is 32.2. The van der Waals surface area contributed by atoms with Crippen LogP contribution in [0, 0.1) is 23.5 Å². The molecule has 1 aliphatic carbocycles. The number of nitrogens with one attached hydrogen (secondary N) is 3. The molecule has 7 N–H and O–H groups in total. The standard InChI is InChI=1S/C40H47BF8N6O4S/c1-20(51)31(33(40(47,48)49)53-28-15-24(8-9-26(28)42)38(7)10-11-60-19-38)55-35(57)59-37(5,6)17-23-13-21(23)12-22-14-27(43)29(16-25(22)41)52-32(39(44,45)46)30(18-50)54-34(56)58-36(2,3)4/h8-11,14-16,18,20-21,23,53H,12-13,17,19,50-51H2,1-7H3,(H,54,56)(H,55,57). The lowest BCUT2D eigenvalue weighted by Gasteiger charge is -2.28. The lowest BCUT2D eigenvalue weighted by atomic mass is 9.84. The quantitative estimate of drug-likeness (QED) is 0.0763. The van der Waals surface area contributed by atoms with E-state index in [1.54, 1.807) is 0 Å². The fraction of sp³-hybridized carbons (Fsp3) is 0.475. The van der Waals surface area contributed by atoms with Crippen LogP contribution in [-0.4, -0.2) is 61.1 Å². The van der Waals surface area contributed by atoms with Crippen LogP contribution in [0.15, 0.2) is 70.1 Å². The number of aliphatic imine (C=N–C) groups is 1. The SMILES string of the molecule is [B]c1cc(N=C(C(=CN)NC(=O)OC(C)(C)C)C(F)(F)F)c(F)cc1CC1CC1CC(C)(C)OC(=O)NC(=C(Nc1cc(C2(C)C=CSC2)ccc1F)C(F)(F)F)C(C)N. The van der Waals surface area contributed by atoms with Gasteiger partial charge in [0, 0.05) is 23.4 Å². The van der Waals surface area contributed by atoms with Crippen LogP contribution in [0.3, 0.4) is 0 Å². The maximum Gasteiger partial charge on any atom is 0.435 e. The van der Waals surface area contributed by atoms with Gasteiger partial charge in [0.1, 0.15) is 36.4 Å². The van der Waals surface area contributed by atoms with Gasteiger partial charge in [0.2, 0.25) is 0 Å². The van der Waals surface area contributed by atoms with Crippen LogP contribution in [-0.2, 0) is 21.3 Å². The topological polar surface area (TPSA) is 153 Å². The molecule has 4 atom stereocenters. The molecule has 2 aromatic rings. The zero-order chi connectivity index (χ0) is 45.2. The number of anilines is 1. The number of allylic oxidation sites excluding steroid dienone is 3. The average Bonchev–Trinajstić information content (AvgIpc) is 3.63. The van der Waals surface area contributed by atoms with Crippen LogP contribution in [0.5, 0.6) is 0 Å². The molecule has 0 bridgehead atoms. The van der Waals surface area contributed by atoms with Gasteiger partial charge in [-0.15, -0.1) is 11.8 Å². The lowest BCUT2D eigenvalue weighted by molar-refractivity contribution is -0.0916. The highest BCUT2D eigenvalue weighted by molar-refractivity contribution is 8.02. The Labute approximate surface area is 348 Å². The molecule has 0 saturated heterocycles. The van der Waals surface area contributed by atoms with Crippen molar-refractivity contribution in [1.82, 2.24) is 10.6 Å². The Bertz CT molecular complexity index is 2080. The molecule has 0 spiro atoms. The van der Waals surface area contributed by atoms with E-state index in [2.05, 4.69) is 15.6 Å². The summed E-state index contributed by atoms with van der Waals surface area (Å²) < 4.78 is 126. The third kappa shape index (κ3) is 12.9. The summed E-state index contributed by atoms with van der Waals surface area (Å²) in [6.45, 7) is 10.6. The highest BCUT2D eigenvalue weighted by Crippen LogP contribution is 2.47. The molecule has 60 heavy (non-hydrogen) atoms. The van der Waals surface area contributed by atoms with E-state index in [4.69, 9.17) is 28.8 Å². The number of ether oxygens (including phenoxy) is 2. The number of alkyl halides is 6. The molecule has 2 radical (unpaired) electrons. The summed E-state index contributed by atoms with van der Waals surface area (Å²) in [5.74, 6) is -1.75. The number of thioether (sulfide) groups is 1. The van der Waals surface area contributed by atoms with E-state index in [-0.39, 0.29) is 35.7 Å². The van der Waals surface area contributed by atoms with Crippen LogP contribution in [0.2, 0.25) is 0 Å². The minimum absolute atomic E-state index is 0.0740. The van der Waals surface area contributed by atoms with Crippen molar-refractivity contribution in [1.29, 1.82) is 0 Å². The van der Waals surface area contributed by atoms with Crippen LogP contribution in [0.4, 0.5) is 56.1 Å². The number of carbonyl (C=O) groups excluding carboxylic acids is 2. The van der Waals surface area contributed by atoms with Crippen molar-refractivity contribution in [2.24, 2.45) is 28.3 Å². The van der Waals surface area contributed by atoms with Crippen LogP contribution in [0.25, 0.3) is 0 Å². The summed E-state index contributed by atoms with van der Waals surface area (Å²) in [4.78, 5) is 28.7. The highest BCUT2D eigenvalue weighted by Gasteiger charge is 2.44. The van der Waals surface area contributed by atoms with Gasteiger partial charge in [0.15, 0.2) is 5.71 Å². The minimum atomic E-state index is -5.19. The van der Waals surface area contributed by atoms with E-state index < -0.39 is 93.0 Å². The van der Waals surface area contributed by atoms with Gasteiger partial charge in [-0.3, -0.25) is 10.6 Å². The monoisotopic (exact) mass is 870 g/mol. The van der Waals surface area contributed by atoms with Crippen molar-refractivity contribution in [3.63, 3.8) is 0 Å². The molecule has 1 fully saturated rings. The first-order valence-electron chi connectivity index (χ1n) is 18.6. The van der Waals surface area contributed by atoms with Crippen molar-refractivity contribution in [3.8, 4) is 0 Å². The molecule has 4 rings (SSSR count). The summed E-state index contributed by atoms with van der Waals surface area (Å²) >= 11 is 1.51. The number of hydrogen-bond acceptors (Lipinski definition) is 9. The number of alkyl carbamates (subject to hydrolysis) is 2. The van der Waals surface area contributed by atoms with Gasteiger partial charge < -0.3 is 26.3 Å². The largest absolute Gasteiger partial charge is 0.444 e. The first-order valence-corrected chi connectivity index (χ1v) is 19.7. The van der Waals surface area contributed by atoms with E-state index >= 15 is 4.39 Å². The number of nitrogens with zero attached hydrogens (tertiary/aromatic N) is 1. The van der Waals surface area contributed by atoms with Gasteiger partial charge in [-0.05, 0) is 108 Å². The van der Waals surface area contributed by atoms with Crippen molar-refractivity contribution in [3.05, 3.63) is 87.9 Å². The minimum Gasteiger partial charge on any atom is -0.444 e. The first kappa shape index (κ1) is 48.0. The van der Waals surface area contributed by atoms with Crippen LogP contribution >= 0.6 is 11.8 Å².